The summed E-state index contributed by atoms with van der Waals surface area (Å²) in [6.45, 7) is 8.35. The van der Waals surface area contributed by atoms with E-state index in [0.29, 0.717) is 11.0 Å². The average Bonchev–Trinajstić information content (AvgIpc) is 2.34. The molecule has 1 aromatic heterocycles. The van der Waals surface area contributed by atoms with E-state index in [-0.39, 0.29) is 0 Å². The SMILES string of the molecule is C=C(CC(C)C)c1cnc(N)s1. The molecule has 0 bridgehead atoms. The molecule has 66 valence electrons. The van der Waals surface area contributed by atoms with Gasteiger partial charge in [0.1, 0.15) is 0 Å². The summed E-state index contributed by atoms with van der Waals surface area (Å²) >= 11 is 1.50. The average molecular weight is 182 g/mol. The molecule has 0 aliphatic carbocycles. The number of aromatic nitrogens is 1. The summed E-state index contributed by atoms with van der Waals surface area (Å²) in [6.07, 6.45) is 2.81. The Morgan fingerprint density at radius 3 is 2.83 bits per heavy atom. The topological polar surface area (TPSA) is 38.9 Å². The van der Waals surface area contributed by atoms with E-state index in [4.69, 9.17) is 5.73 Å². The van der Waals surface area contributed by atoms with Crippen LogP contribution in [-0.4, -0.2) is 4.98 Å². The summed E-state index contributed by atoms with van der Waals surface area (Å²) < 4.78 is 0. The predicted octanol–water partition coefficient (Wildman–Crippen LogP) is 2.78. The highest BCUT2D eigenvalue weighted by molar-refractivity contribution is 7.16. The number of hydrogen-bond donors (Lipinski definition) is 1. The van der Waals surface area contributed by atoms with E-state index in [1.54, 1.807) is 6.20 Å². The lowest BCUT2D eigenvalue weighted by atomic mass is 10.0. The number of hydrogen-bond acceptors (Lipinski definition) is 3. The van der Waals surface area contributed by atoms with Crippen LogP contribution in [0, 0.1) is 5.92 Å². The highest BCUT2D eigenvalue weighted by Crippen LogP contribution is 2.26. The molecule has 12 heavy (non-hydrogen) atoms. The van der Waals surface area contributed by atoms with Crippen molar-refractivity contribution in [2.75, 3.05) is 5.73 Å². The molecule has 0 unspecified atom stereocenters. The first-order valence-electron chi connectivity index (χ1n) is 3.99. The van der Waals surface area contributed by atoms with E-state index in [9.17, 15) is 0 Å². The number of nitrogens with two attached hydrogens (primary N) is 1. The zero-order valence-corrected chi connectivity index (χ0v) is 8.32. The third-order valence-corrected chi connectivity index (χ3v) is 2.46. The third kappa shape index (κ3) is 2.34. The van der Waals surface area contributed by atoms with E-state index >= 15 is 0 Å². The van der Waals surface area contributed by atoms with Crippen LogP contribution in [0.15, 0.2) is 12.8 Å². The van der Waals surface area contributed by atoms with Crippen LogP contribution in [0.5, 0.6) is 0 Å². The van der Waals surface area contributed by atoms with Crippen LogP contribution in [0.25, 0.3) is 5.57 Å². The summed E-state index contributed by atoms with van der Waals surface area (Å²) in [5, 5.41) is 0.620. The van der Waals surface area contributed by atoms with Gasteiger partial charge in [-0.2, -0.15) is 0 Å². The van der Waals surface area contributed by atoms with Gasteiger partial charge in [-0.1, -0.05) is 31.8 Å². The van der Waals surface area contributed by atoms with Crippen LogP contribution in [0.2, 0.25) is 0 Å². The maximum Gasteiger partial charge on any atom is 0.180 e. The Morgan fingerprint density at radius 2 is 2.42 bits per heavy atom. The van der Waals surface area contributed by atoms with Gasteiger partial charge in [0.15, 0.2) is 5.13 Å². The van der Waals surface area contributed by atoms with Gasteiger partial charge in [0.25, 0.3) is 0 Å². The molecule has 0 amide bonds. The molecule has 0 saturated carbocycles. The Hall–Kier alpha value is -0.830. The maximum atomic E-state index is 5.51. The maximum absolute atomic E-state index is 5.51. The van der Waals surface area contributed by atoms with Crippen LogP contribution in [0.1, 0.15) is 25.1 Å². The summed E-state index contributed by atoms with van der Waals surface area (Å²) in [7, 11) is 0. The standard InChI is InChI=1S/C9H14N2S/c1-6(2)4-7(3)8-5-11-9(10)12-8/h5-6H,3-4H2,1-2H3,(H2,10,11). The Bertz CT molecular complexity index is 276. The van der Waals surface area contributed by atoms with Crippen molar-refractivity contribution < 1.29 is 0 Å². The Morgan fingerprint density at radius 1 is 1.75 bits per heavy atom. The third-order valence-electron chi connectivity index (χ3n) is 1.53. The van der Waals surface area contributed by atoms with E-state index in [1.165, 1.54) is 11.3 Å². The van der Waals surface area contributed by atoms with Crippen molar-refractivity contribution in [3.63, 3.8) is 0 Å². The largest absolute Gasteiger partial charge is 0.375 e. The van der Waals surface area contributed by atoms with Crippen molar-refractivity contribution in [1.29, 1.82) is 0 Å². The molecule has 0 saturated heterocycles. The highest BCUT2D eigenvalue weighted by atomic mass is 32.1. The van der Waals surface area contributed by atoms with Crippen molar-refractivity contribution >= 4 is 22.0 Å². The van der Waals surface area contributed by atoms with Crippen LogP contribution in [0.3, 0.4) is 0 Å². The molecular formula is C9H14N2S. The molecule has 2 N–H and O–H groups in total. The number of rotatable bonds is 3. The number of anilines is 1. The number of allylic oxidation sites excluding steroid dienone is 1. The molecule has 0 fully saturated rings. The zero-order valence-electron chi connectivity index (χ0n) is 7.50. The Labute approximate surface area is 77.1 Å². The van der Waals surface area contributed by atoms with Gasteiger partial charge < -0.3 is 5.73 Å². The molecule has 1 rings (SSSR count). The van der Waals surface area contributed by atoms with Crippen molar-refractivity contribution in [1.82, 2.24) is 4.98 Å². The minimum Gasteiger partial charge on any atom is -0.375 e. The molecule has 1 heterocycles. The first kappa shape index (κ1) is 9.26. The van der Waals surface area contributed by atoms with Crippen LogP contribution >= 0.6 is 11.3 Å². The molecule has 1 aromatic rings. The van der Waals surface area contributed by atoms with Crippen molar-refractivity contribution in [2.45, 2.75) is 20.3 Å². The molecule has 0 aliphatic heterocycles. The smallest absolute Gasteiger partial charge is 0.180 e. The van der Waals surface area contributed by atoms with E-state index in [2.05, 4.69) is 25.4 Å². The number of nitrogens with zero attached hydrogens (tertiary/aromatic N) is 1. The highest BCUT2D eigenvalue weighted by Gasteiger charge is 2.04. The molecule has 0 radical (unpaired) electrons. The second kappa shape index (κ2) is 3.72. The van der Waals surface area contributed by atoms with Gasteiger partial charge >= 0.3 is 0 Å². The Kier molecular flexibility index (Phi) is 2.87. The molecule has 3 heteroatoms. The second-order valence-electron chi connectivity index (χ2n) is 3.26. The van der Waals surface area contributed by atoms with Gasteiger partial charge in [0.2, 0.25) is 0 Å². The number of thiazole rings is 1. The van der Waals surface area contributed by atoms with Gasteiger partial charge in [-0.3, -0.25) is 0 Å². The summed E-state index contributed by atoms with van der Waals surface area (Å²) in [5.74, 6) is 0.640. The minimum absolute atomic E-state index is 0.620. The van der Waals surface area contributed by atoms with Gasteiger partial charge in [-0.25, -0.2) is 4.98 Å². The summed E-state index contributed by atoms with van der Waals surface area (Å²) in [6, 6.07) is 0. The van der Waals surface area contributed by atoms with Gasteiger partial charge in [-0.15, -0.1) is 0 Å². The van der Waals surface area contributed by atoms with Gasteiger partial charge in [0.05, 0.1) is 4.88 Å². The molecular weight excluding hydrogens is 168 g/mol. The fourth-order valence-corrected chi connectivity index (χ4v) is 1.71. The molecule has 0 aliphatic rings. The zero-order chi connectivity index (χ0) is 9.14. The summed E-state index contributed by atoms with van der Waals surface area (Å²) in [5.41, 5.74) is 6.65. The van der Waals surface area contributed by atoms with Crippen molar-refractivity contribution in [3.05, 3.63) is 17.7 Å². The van der Waals surface area contributed by atoms with E-state index in [0.717, 1.165) is 16.9 Å². The first-order valence-corrected chi connectivity index (χ1v) is 4.80. The normalized spacial score (nSPS) is 10.6. The molecule has 0 aromatic carbocycles. The monoisotopic (exact) mass is 182 g/mol. The van der Waals surface area contributed by atoms with Crippen LogP contribution in [0.4, 0.5) is 5.13 Å². The molecule has 0 atom stereocenters. The number of nitrogen functional groups attached to an aromatic ring is 1. The van der Waals surface area contributed by atoms with Gasteiger partial charge in [-0.05, 0) is 17.9 Å². The molecule has 0 spiro atoms. The fourth-order valence-electron chi connectivity index (χ4n) is 1.04. The quantitative estimate of drug-likeness (QED) is 0.780. The van der Waals surface area contributed by atoms with Gasteiger partial charge in [0, 0.05) is 6.20 Å². The first-order chi connectivity index (χ1) is 5.59. The van der Waals surface area contributed by atoms with Crippen LogP contribution in [-0.2, 0) is 0 Å². The second-order valence-corrected chi connectivity index (χ2v) is 4.33. The van der Waals surface area contributed by atoms with Crippen molar-refractivity contribution in [3.8, 4) is 0 Å². The minimum atomic E-state index is 0.620. The van der Waals surface area contributed by atoms with Crippen molar-refractivity contribution in [2.24, 2.45) is 5.92 Å². The lowest BCUT2D eigenvalue weighted by Gasteiger charge is -2.04. The Balaban J connectivity index is 2.65. The lowest BCUT2D eigenvalue weighted by molar-refractivity contribution is 0.675. The fraction of sp³-hybridized carbons (Fsp3) is 0.444. The summed E-state index contributed by atoms with van der Waals surface area (Å²) in [4.78, 5) is 5.09. The van der Waals surface area contributed by atoms with Crippen LogP contribution < -0.4 is 5.73 Å². The molecule has 2 nitrogen and oxygen atoms in total. The van der Waals surface area contributed by atoms with E-state index in [1.807, 2.05) is 0 Å². The van der Waals surface area contributed by atoms with E-state index < -0.39 is 0 Å². The predicted molar refractivity (Wildman–Crippen MR) is 55.0 cm³/mol. The lowest BCUT2D eigenvalue weighted by Crippen LogP contribution is -1.87.